The van der Waals surface area contributed by atoms with Gasteiger partial charge in [-0.2, -0.15) is 13.2 Å². The predicted molar refractivity (Wildman–Crippen MR) is 111 cm³/mol. The topological polar surface area (TPSA) is 129 Å². The second kappa shape index (κ2) is 10.5. The number of carboxylic acid groups (broad SMARTS) is 2. The first-order valence-corrected chi connectivity index (χ1v) is 10.6. The number of ether oxygens (including phenoxy) is 1. The van der Waals surface area contributed by atoms with E-state index in [0.29, 0.717) is 5.92 Å². The number of alkyl halides is 3. The third-order valence-electron chi connectivity index (χ3n) is 5.76. The summed E-state index contributed by atoms with van der Waals surface area (Å²) in [5.74, 6) is -3.22. The van der Waals surface area contributed by atoms with Gasteiger partial charge in [-0.1, -0.05) is 22.4 Å². The van der Waals surface area contributed by atoms with E-state index in [1.807, 2.05) is 0 Å². The van der Waals surface area contributed by atoms with Crippen LogP contribution in [0.3, 0.4) is 0 Å². The Morgan fingerprint density at radius 1 is 1.03 bits per heavy atom. The number of nitrogens with one attached hydrogen (secondary N) is 1. The van der Waals surface area contributed by atoms with Crippen LogP contribution in [0.1, 0.15) is 60.5 Å². The van der Waals surface area contributed by atoms with Gasteiger partial charge in [0.1, 0.15) is 6.10 Å². The number of aromatic nitrogens is 3. The molecule has 0 spiro atoms. The Morgan fingerprint density at radius 2 is 1.61 bits per heavy atom. The van der Waals surface area contributed by atoms with E-state index in [4.69, 9.17) is 19.7 Å². The van der Waals surface area contributed by atoms with Crippen LogP contribution < -0.4 is 9.64 Å². The number of aromatic carboxylic acids is 1. The summed E-state index contributed by atoms with van der Waals surface area (Å²) >= 11 is 0. The lowest BCUT2D eigenvalue weighted by atomic mass is 9.82. The molecule has 1 aromatic carbocycles. The third kappa shape index (κ3) is 6.59. The minimum absolute atomic E-state index is 0.00155. The largest absolute Gasteiger partial charge is 0.490 e. The highest BCUT2D eigenvalue weighted by atomic mass is 19.4. The monoisotopic (exact) mass is 470 g/mol. The summed E-state index contributed by atoms with van der Waals surface area (Å²) in [4.78, 5) is 22.4. The molecule has 0 radical (unpaired) electrons. The van der Waals surface area contributed by atoms with Crippen LogP contribution in [0.25, 0.3) is 0 Å². The van der Waals surface area contributed by atoms with Crippen LogP contribution in [0, 0.1) is 0 Å². The van der Waals surface area contributed by atoms with Gasteiger partial charge in [-0.15, -0.1) is 0 Å². The summed E-state index contributed by atoms with van der Waals surface area (Å²) in [6.45, 7) is 2.34. The first-order valence-electron chi connectivity index (χ1n) is 10.6. The number of rotatable bonds is 5. The zero-order valence-electron chi connectivity index (χ0n) is 17.7. The van der Waals surface area contributed by atoms with Gasteiger partial charge in [0.05, 0.1) is 0 Å². The molecule has 0 unspecified atom stereocenters. The molecule has 2 fully saturated rings. The standard InChI is InChI=1S/C19H24N4O3.C2HF3O2/c24-19(25)17-18(21-22-20-17)26-16-9-5-14(6-10-16)13-3-7-15(8-4-13)23-11-1-2-12-23;3-2(4,5)1(6)7/h3-4,7-8,14,16H,1-2,5-6,9-12H2,(H,24,25)(H,20,21,22);(H,6,7)/t14-,16+;. The van der Waals surface area contributed by atoms with Crippen LogP contribution >= 0.6 is 0 Å². The van der Waals surface area contributed by atoms with Crippen molar-refractivity contribution < 1.29 is 37.7 Å². The van der Waals surface area contributed by atoms with Crippen molar-refractivity contribution in [2.45, 2.75) is 56.7 Å². The fourth-order valence-electron chi connectivity index (χ4n) is 4.04. The molecule has 2 aromatic rings. The van der Waals surface area contributed by atoms with Crippen LogP contribution in [-0.4, -0.2) is 62.9 Å². The number of aromatic amines is 1. The lowest BCUT2D eigenvalue weighted by Gasteiger charge is -2.29. The van der Waals surface area contributed by atoms with E-state index in [9.17, 15) is 18.0 Å². The van der Waals surface area contributed by atoms with Crippen molar-refractivity contribution in [1.82, 2.24) is 15.4 Å². The summed E-state index contributed by atoms with van der Waals surface area (Å²) in [6.07, 6.45) is 1.36. The first kappa shape index (κ1) is 24.3. The molecule has 1 aliphatic heterocycles. The Labute approximate surface area is 187 Å². The van der Waals surface area contributed by atoms with Gasteiger partial charge >= 0.3 is 18.1 Å². The Kier molecular flexibility index (Phi) is 7.77. The summed E-state index contributed by atoms with van der Waals surface area (Å²) in [7, 11) is 0. The van der Waals surface area contributed by atoms with Crippen molar-refractivity contribution in [2.24, 2.45) is 0 Å². The van der Waals surface area contributed by atoms with Crippen molar-refractivity contribution in [3.63, 3.8) is 0 Å². The van der Waals surface area contributed by atoms with E-state index in [1.54, 1.807) is 0 Å². The number of benzene rings is 1. The zero-order valence-corrected chi connectivity index (χ0v) is 17.7. The number of anilines is 1. The molecule has 1 saturated heterocycles. The zero-order chi connectivity index (χ0) is 24.0. The van der Waals surface area contributed by atoms with Gasteiger partial charge in [0.2, 0.25) is 5.69 Å². The first-order chi connectivity index (χ1) is 15.6. The maximum absolute atomic E-state index is 11.1. The van der Waals surface area contributed by atoms with Gasteiger partial charge in [0, 0.05) is 18.8 Å². The highest BCUT2D eigenvalue weighted by Gasteiger charge is 2.38. The lowest BCUT2D eigenvalue weighted by molar-refractivity contribution is -0.192. The molecule has 2 heterocycles. The van der Waals surface area contributed by atoms with E-state index < -0.39 is 18.1 Å². The maximum Gasteiger partial charge on any atom is 0.490 e. The molecule has 2 aliphatic rings. The van der Waals surface area contributed by atoms with Gasteiger partial charge in [0.15, 0.2) is 0 Å². The number of aliphatic carboxylic acids is 1. The molecule has 180 valence electrons. The van der Waals surface area contributed by atoms with E-state index >= 15 is 0 Å². The second-order valence-corrected chi connectivity index (χ2v) is 7.98. The van der Waals surface area contributed by atoms with Crippen LogP contribution in [0.2, 0.25) is 0 Å². The molecule has 4 rings (SSSR count). The number of nitrogens with zero attached hydrogens (tertiary/aromatic N) is 3. The summed E-state index contributed by atoms with van der Waals surface area (Å²) in [5, 5.41) is 25.8. The summed E-state index contributed by atoms with van der Waals surface area (Å²) in [5.41, 5.74) is 2.64. The van der Waals surface area contributed by atoms with E-state index in [-0.39, 0.29) is 17.7 Å². The minimum Gasteiger partial charge on any atom is -0.476 e. The molecule has 33 heavy (non-hydrogen) atoms. The van der Waals surface area contributed by atoms with E-state index in [1.165, 1.54) is 37.2 Å². The molecular weight excluding hydrogens is 445 g/mol. The molecule has 12 heteroatoms. The average Bonchev–Trinajstić information content (AvgIpc) is 3.47. The number of carbonyl (C=O) groups is 2. The van der Waals surface area contributed by atoms with Gasteiger partial charge in [0.25, 0.3) is 5.88 Å². The number of hydrogen-bond donors (Lipinski definition) is 3. The Bertz CT molecular complexity index is 934. The SMILES string of the molecule is O=C(O)C(F)(F)F.O=C(O)c1[nH]nnc1O[C@H]1CC[C@@H](c2ccc(N3CCCC3)cc2)CC1. The number of carboxylic acids is 2. The van der Waals surface area contributed by atoms with E-state index in [2.05, 4.69) is 44.6 Å². The van der Waals surface area contributed by atoms with E-state index in [0.717, 1.165) is 25.7 Å². The van der Waals surface area contributed by atoms with Crippen molar-refractivity contribution in [2.75, 3.05) is 18.0 Å². The Morgan fingerprint density at radius 3 is 2.12 bits per heavy atom. The summed E-state index contributed by atoms with van der Waals surface area (Å²) in [6, 6.07) is 9.02. The summed E-state index contributed by atoms with van der Waals surface area (Å²) < 4.78 is 37.5. The van der Waals surface area contributed by atoms with Crippen molar-refractivity contribution in [3.05, 3.63) is 35.5 Å². The smallest absolute Gasteiger partial charge is 0.476 e. The normalized spacial score (nSPS) is 20.6. The molecule has 1 saturated carbocycles. The fourth-order valence-corrected chi connectivity index (χ4v) is 4.04. The Hall–Kier alpha value is -3.31. The molecule has 3 N–H and O–H groups in total. The molecule has 0 amide bonds. The average molecular weight is 470 g/mol. The quantitative estimate of drug-likeness (QED) is 0.601. The highest BCUT2D eigenvalue weighted by Crippen LogP contribution is 2.35. The molecular formula is C21H25F3N4O5. The van der Waals surface area contributed by atoms with Crippen molar-refractivity contribution >= 4 is 17.6 Å². The highest BCUT2D eigenvalue weighted by molar-refractivity contribution is 5.87. The van der Waals surface area contributed by atoms with Crippen molar-refractivity contribution in [1.29, 1.82) is 0 Å². The molecule has 0 bridgehead atoms. The number of halogens is 3. The van der Waals surface area contributed by atoms with Crippen LogP contribution in [-0.2, 0) is 4.79 Å². The fraction of sp³-hybridized carbons (Fsp3) is 0.524. The molecule has 0 atom stereocenters. The minimum atomic E-state index is -5.08. The molecule has 9 nitrogen and oxygen atoms in total. The maximum atomic E-state index is 11.1. The Balaban J connectivity index is 0.000000383. The lowest BCUT2D eigenvalue weighted by Crippen LogP contribution is -2.24. The van der Waals surface area contributed by atoms with Crippen LogP contribution in [0.15, 0.2) is 24.3 Å². The van der Waals surface area contributed by atoms with Gasteiger partial charge in [-0.25, -0.2) is 14.7 Å². The second-order valence-electron chi connectivity index (χ2n) is 7.98. The van der Waals surface area contributed by atoms with Gasteiger partial charge < -0.3 is 19.8 Å². The van der Waals surface area contributed by atoms with Crippen LogP contribution in [0.4, 0.5) is 18.9 Å². The number of H-pyrrole nitrogens is 1. The van der Waals surface area contributed by atoms with Crippen LogP contribution in [0.5, 0.6) is 5.88 Å². The predicted octanol–water partition coefficient (Wildman–Crippen LogP) is 3.84. The van der Waals surface area contributed by atoms with Crippen molar-refractivity contribution in [3.8, 4) is 5.88 Å². The molecule has 1 aromatic heterocycles. The number of hydrogen-bond acceptors (Lipinski definition) is 6. The van der Waals surface area contributed by atoms with Gasteiger partial charge in [-0.3, -0.25) is 0 Å². The molecule has 1 aliphatic carbocycles. The third-order valence-corrected chi connectivity index (χ3v) is 5.76. The van der Waals surface area contributed by atoms with Gasteiger partial charge in [-0.05, 0) is 62.1 Å².